The molecule has 1 heterocycles. The maximum Gasteiger partial charge on any atom is 0.110 e. The Bertz CT molecular complexity index is 414. The molecule has 0 N–H and O–H groups in total. The van der Waals surface area contributed by atoms with Crippen molar-refractivity contribution in [3.63, 3.8) is 0 Å². The summed E-state index contributed by atoms with van der Waals surface area (Å²) < 4.78 is 5.40. The molecular formula is C15H16O. The Hall–Kier alpha value is -1.76. The van der Waals surface area contributed by atoms with Gasteiger partial charge < -0.3 is 4.42 Å². The van der Waals surface area contributed by atoms with Gasteiger partial charge in [0.2, 0.25) is 0 Å². The van der Waals surface area contributed by atoms with Crippen molar-refractivity contribution in [3.05, 3.63) is 72.7 Å². The number of allylic oxidation sites excluding steroid dienone is 1. The number of hydrogen-bond acceptors (Lipinski definition) is 1. The van der Waals surface area contributed by atoms with Crippen molar-refractivity contribution in [3.8, 4) is 0 Å². The van der Waals surface area contributed by atoms with E-state index in [9.17, 15) is 0 Å². The van der Waals surface area contributed by atoms with Crippen LogP contribution in [0.4, 0.5) is 0 Å². The zero-order chi connectivity index (χ0) is 11.2. The van der Waals surface area contributed by atoms with Crippen molar-refractivity contribution in [1.29, 1.82) is 0 Å². The van der Waals surface area contributed by atoms with E-state index in [2.05, 4.69) is 30.8 Å². The molecule has 0 radical (unpaired) electrons. The predicted molar refractivity (Wildman–Crippen MR) is 66.4 cm³/mol. The molecule has 2 rings (SSSR count). The third kappa shape index (κ3) is 2.63. The Morgan fingerprint density at radius 2 is 1.94 bits per heavy atom. The molecule has 0 amide bonds. The van der Waals surface area contributed by atoms with E-state index < -0.39 is 0 Å². The lowest BCUT2D eigenvalue weighted by molar-refractivity contribution is 0.479. The summed E-state index contributed by atoms with van der Waals surface area (Å²) in [7, 11) is 0. The summed E-state index contributed by atoms with van der Waals surface area (Å²) >= 11 is 0. The summed E-state index contributed by atoms with van der Waals surface area (Å²) in [5.74, 6) is 1.32. The fourth-order valence-corrected chi connectivity index (χ4v) is 1.85. The molecule has 1 aromatic carbocycles. The molecule has 0 bridgehead atoms. The lowest BCUT2D eigenvalue weighted by Crippen LogP contribution is -1.96. The van der Waals surface area contributed by atoms with Gasteiger partial charge in [0.25, 0.3) is 0 Å². The van der Waals surface area contributed by atoms with Crippen molar-refractivity contribution in [2.24, 2.45) is 0 Å². The number of benzene rings is 1. The molecule has 0 spiro atoms. The molecule has 0 fully saturated rings. The van der Waals surface area contributed by atoms with Crippen LogP contribution in [-0.4, -0.2) is 0 Å². The Morgan fingerprint density at radius 3 is 2.56 bits per heavy atom. The molecule has 0 aliphatic heterocycles. The zero-order valence-electron chi connectivity index (χ0n) is 9.30. The average Bonchev–Trinajstić information content (AvgIpc) is 2.85. The highest BCUT2D eigenvalue weighted by Gasteiger charge is 2.09. The summed E-state index contributed by atoms with van der Waals surface area (Å²) in [6.45, 7) is 3.87. The first kappa shape index (κ1) is 10.7. The monoisotopic (exact) mass is 212 g/mol. The highest BCUT2D eigenvalue weighted by atomic mass is 16.3. The molecule has 1 nitrogen and oxygen atoms in total. The molecular weight excluding hydrogens is 196 g/mol. The molecule has 1 atom stereocenters. The number of rotatable bonds is 5. The van der Waals surface area contributed by atoms with Crippen LogP contribution in [0.25, 0.3) is 0 Å². The maximum absolute atomic E-state index is 5.40. The first-order valence-corrected chi connectivity index (χ1v) is 5.60. The normalized spacial score (nSPS) is 12.2. The van der Waals surface area contributed by atoms with Crippen LogP contribution in [0.2, 0.25) is 0 Å². The summed E-state index contributed by atoms with van der Waals surface area (Å²) in [5.41, 5.74) is 1.36. The summed E-state index contributed by atoms with van der Waals surface area (Å²) in [4.78, 5) is 0. The second-order valence-electron chi connectivity index (χ2n) is 3.88. The van der Waals surface area contributed by atoms with Gasteiger partial charge in [-0.2, -0.15) is 0 Å². The Labute approximate surface area is 96.4 Å². The van der Waals surface area contributed by atoms with Gasteiger partial charge in [0.1, 0.15) is 5.76 Å². The summed E-state index contributed by atoms with van der Waals surface area (Å²) in [6.07, 6.45) is 5.77. The molecule has 1 aromatic heterocycles. The molecule has 1 heteroatoms. The molecule has 0 saturated heterocycles. The first-order valence-electron chi connectivity index (χ1n) is 5.60. The van der Waals surface area contributed by atoms with Gasteiger partial charge in [-0.25, -0.2) is 0 Å². The average molecular weight is 212 g/mol. The van der Waals surface area contributed by atoms with E-state index in [1.807, 2.05) is 24.3 Å². The van der Waals surface area contributed by atoms with Crippen molar-refractivity contribution in [2.75, 3.05) is 0 Å². The van der Waals surface area contributed by atoms with Gasteiger partial charge in [0.05, 0.1) is 6.26 Å². The van der Waals surface area contributed by atoms with E-state index in [-0.39, 0.29) is 0 Å². The number of hydrogen-bond donors (Lipinski definition) is 0. The van der Waals surface area contributed by atoms with Crippen molar-refractivity contribution in [1.82, 2.24) is 0 Å². The number of furan rings is 1. The highest BCUT2D eigenvalue weighted by Crippen LogP contribution is 2.23. The van der Waals surface area contributed by atoms with Crippen LogP contribution in [0, 0.1) is 0 Å². The minimum Gasteiger partial charge on any atom is -0.469 e. The lowest BCUT2D eigenvalue weighted by atomic mass is 9.97. The molecule has 2 aromatic rings. The van der Waals surface area contributed by atoms with Crippen LogP contribution in [0.15, 0.2) is 65.8 Å². The maximum atomic E-state index is 5.40. The third-order valence-electron chi connectivity index (χ3n) is 2.78. The van der Waals surface area contributed by atoms with Crippen LogP contribution >= 0.6 is 0 Å². The van der Waals surface area contributed by atoms with E-state index in [0.29, 0.717) is 5.92 Å². The van der Waals surface area contributed by atoms with Crippen molar-refractivity contribution < 1.29 is 4.42 Å². The topological polar surface area (TPSA) is 13.1 Å². The molecule has 16 heavy (non-hydrogen) atoms. The van der Waals surface area contributed by atoms with Gasteiger partial charge in [-0.3, -0.25) is 0 Å². The van der Waals surface area contributed by atoms with Crippen molar-refractivity contribution >= 4 is 0 Å². The Kier molecular flexibility index (Phi) is 3.60. The van der Waals surface area contributed by atoms with Gasteiger partial charge in [0.15, 0.2) is 0 Å². The minimum absolute atomic E-state index is 0.315. The molecule has 0 aliphatic carbocycles. The zero-order valence-corrected chi connectivity index (χ0v) is 9.30. The standard InChI is InChI=1S/C15H16O/c1-2-14(15-9-6-12-16-15)11-10-13-7-4-3-5-8-13/h2-9,12,14H,1,10-11H2. The van der Waals surface area contributed by atoms with Gasteiger partial charge in [-0.1, -0.05) is 36.4 Å². The Balaban J connectivity index is 1.96. The fraction of sp³-hybridized carbons (Fsp3) is 0.200. The molecule has 82 valence electrons. The largest absolute Gasteiger partial charge is 0.469 e. The smallest absolute Gasteiger partial charge is 0.110 e. The van der Waals surface area contributed by atoms with E-state index in [0.717, 1.165) is 18.6 Å². The van der Waals surface area contributed by atoms with Crippen LogP contribution in [0.5, 0.6) is 0 Å². The second-order valence-corrected chi connectivity index (χ2v) is 3.88. The third-order valence-corrected chi connectivity index (χ3v) is 2.78. The summed E-state index contributed by atoms with van der Waals surface area (Å²) in [5, 5.41) is 0. The Morgan fingerprint density at radius 1 is 1.12 bits per heavy atom. The van der Waals surface area contributed by atoms with E-state index in [1.165, 1.54) is 5.56 Å². The molecule has 0 aliphatic rings. The molecule has 0 saturated carbocycles. The highest BCUT2D eigenvalue weighted by molar-refractivity contribution is 5.17. The van der Waals surface area contributed by atoms with Crippen LogP contribution in [0.1, 0.15) is 23.7 Å². The summed E-state index contributed by atoms with van der Waals surface area (Å²) in [6, 6.07) is 14.4. The number of aryl methyl sites for hydroxylation is 1. The fourth-order valence-electron chi connectivity index (χ4n) is 1.85. The van der Waals surface area contributed by atoms with E-state index in [4.69, 9.17) is 4.42 Å². The van der Waals surface area contributed by atoms with E-state index in [1.54, 1.807) is 6.26 Å². The van der Waals surface area contributed by atoms with E-state index >= 15 is 0 Å². The predicted octanol–water partition coefficient (Wildman–Crippen LogP) is 4.18. The van der Waals surface area contributed by atoms with Crippen LogP contribution in [-0.2, 0) is 6.42 Å². The van der Waals surface area contributed by atoms with Gasteiger partial charge in [-0.05, 0) is 30.5 Å². The van der Waals surface area contributed by atoms with Gasteiger partial charge in [-0.15, -0.1) is 6.58 Å². The molecule has 1 unspecified atom stereocenters. The first-order chi connectivity index (χ1) is 7.90. The van der Waals surface area contributed by atoms with Gasteiger partial charge in [0, 0.05) is 5.92 Å². The van der Waals surface area contributed by atoms with Crippen LogP contribution in [0.3, 0.4) is 0 Å². The lowest BCUT2D eigenvalue weighted by Gasteiger charge is -2.09. The quantitative estimate of drug-likeness (QED) is 0.677. The SMILES string of the molecule is C=CC(CCc1ccccc1)c1ccco1. The minimum atomic E-state index is 0.315. The van der Waals surface area contributed by atoms with Crippen LogP contribution < -0.4 is 0 Å². The second kappa shape index (κ2) is 5.36. The van der Waals surface area contributed by atoms with Gasteiger partial charge >= 0.3 is 0 Å². The van der Waals surface area contributed by atoms with Crippen molar-refractivity contribution in [2.45, 2.75) is 18.8 Å².